The van der Waals surface area contributed by atoms with E-state index >= 15 is 0 Å². The number of rotatable bonds is 5. The Labute approximate surface area is 128 Å². The van der Waals surface area contributed by atoms with Crippen LogP contribution in [-0.4, -0.2) is 44.6 Å². The Balaban J connectivity index is 1.76. The molecule has 1 aliphatic carbocycles. The lowest BCUT2D eigenvalue weighted by Gasteiger charge is -2.49. The quantitative estimate of drug-likeness (QED) is 0.898. The standard InChI is InChI=1S/C16H29N5/c1-5-12(2)15-10-21(9-14-8-20(4)19-18-14)16(3,11-17-15)13-6-7-13/h8,12-13,15,17H,5-7,9-11H2,1-4H3. The minimum Gasteiger partial charge on any atom is -0.311 e. The maximum atomic E-state index is 4.30. The molecule has 2 heterocycles. The molecule has 1 aromatic heterocycles. The summed E-state index contributed by atoms with van der Waals surface area (Å²) in [6.45, 7) is 10.2. The third-order valence-electron chi connectivity index (χ3n) is 5.65. The first-order valence-corrected chi connectivity index (χ1v) is 8.36. The average molecular weight is 291 g/mol. The maximum absolute atomic E-state index is 4.30. The fourth-order valence-corrected chi connectivity index (χ4v) is 3.64. The smallest absolute Gasteiger partial charge is 0.0967 e. The van der Waals surface area contributed by atoms with Gasteiger partial charge in [0.1, 0.15) is 0 Å². The molecule has 3 rings (SSSR count). The minimum atomic E-state index is 0.279. The molecule has 2 fully saturated rings. The molecule has 1 aliphatic heterocycles. The molecule has 2 aliphatic rings. The predicted octanol–water partition coefficient (Wildman–Crippen LogP) is 1.80. The van der Waals surface area contributed by atoms with Gasteiger partial charge in [0.15, 0.2) is 0 Å². The number of hydrogen-bond donors (Lipinski definition) is 1. The van der Waals surface area contributed by atoms with Crippen molar-refractivity contribution in [1.82, 2.24) is 25.2 Å². The summed E-state index contributed by atoms with van der Waals surface area (Å²) in [5, 5.41) is 12.2. The summed E-state index contributed by atoms with van der Waals surface area (Å²) >= 11 is 0. The average Bonchev–Trinajstić information content (AvgIpc) is 3.25. The van der Waals surface area contributed by atoms with E-state index in [0.717, 1.165) is 37.2 Å². The number of nitrogens with zero attached hydrogens (tertiary/aromatic N) is 4. The van der Waals surface area contributed by atoms with Crippen LogP contribution in [0.1, 0.15) is 45.7 Å². The molecule has 0 bridgehead atoms. The van der Waals surface area contributed by atoms with Crippen molar-refractivity contribution >= 4 is 0 Å². The van der Waals surface area contributed by atoms with Crippen LogP contribution in [0.4, 0.5) is 0 Å². The van der Waals surface area contributed by atoms with Gasteiger partial charge < -0.3 is 5.32 Å². The lowest BCUT2D eigenvalue weighted by atomic mass is 9.86. The largest absolute Gasteiger partial charge is 0.311 e. The van der Waals surface area contributed by atoms with E-state index < -0.39 is 0 Å². The first-order valence-electron chi connectivity index (χ1n) is 8.36. The SMILES string of the molecule is CCC(C)C1CN(Cc2cn(C)nn2)C(C)(C2CC2)CN1. The highest BCUT2D eigenvalue weighted by atomic mass is 15.4. The summed E-state index contributed by atoms with van der Waals surface area (Å²) in [5.74, 6) is 1.57. The molecule has 1 aromatic rings. The van der Waals surface area contributed by atoms with Gasteiger partial charge in [0.25, 0.3) is 0 Å². The Morgan fingerprint density at radius 3 is 2.81 bits per heavy atom. The van der Waals surface area contributed by atoms with E-state index in [4.69, 9.17) is 0 Å². The van der Waals surface area contributed by atoms with Crippen LogP contribution >= 0.6 is 0 Å². The van der Waals surface area contributed by atoms with Crippen molar-refractivity contribution < 1.29 is 0 Å². The molecule has 0 radical (unpaired) electrons. The van der Waals surface area contributed by atoms with E-state index in [-0.39, 0.29) is 5.54 Å². The number of nitrogens with one attached hydrogen (secondary N) is 1. The van der Waals surface area contributed by atoms with Crippen LogP contribution in [-0.2, 0) is 13.6 Å². The first-order chi connectivity index (χ1) is 10.0. The van der Waals surface area contributed by atoms with Crippen molar-refractivity contribution in [3.05, 3.63) is 11.9 Å². The third kappa shape index (κ3) is 2.99. The van der Waals surface area contributed by atoms with E-state index in [1.807, 2.05) is 13.2 Å². The molecular weight excluding hydrogens is 262 g/mol. The van der Waals surface area contributed by atoms with Crippen molar-refractivity contribution in [2.24, 2.45) is 18.9 Å². The van der Waals surface area contributed by atoms with Gasteiger partial charge in [-0.1, -0.05) is 25.5 Å². The Morgan fingerprint density at radius 2 is 2.24 bits per heavy atom. The summed E-state index contributed by atoms with van der Waals surface area (Å²) in [6, 6.07) is 0.596. The molecule has 118 valence electrons. The summed E-state index contributed by atoms with van der Waals surface area (Å²) < 4.78 is 1.80. The molecule has 3 atom stereocenters. The number of hydrogen-bond acceptors (Lipinski definition) is 4. The fraction of sp³-hybridized carbons (Fsp3) is 0.875. The molecule has 3 unspecified atom stereocenters. The van der Waals surface area contributed by atoms with Gasteiger partial charge in [0, 0.05) is 44.5 Å². The highest BCUT2D eigenvalue weighted by Crippen LogP contribution is 2.44. The number of aromatic nitrogens is 3. The van der Waals surface area contributed by atoms with Crippen molar-refractivity contribution in [2.75, 3.05) is 13.1 Å². The zero-order chi connectivity index (χ0) is 15.0. The van der Waals surface area contributed by atoms with Gasteiger partial charge in [-0.3, -0.25) is 9.58 Å². The van der Waals surface area contributed by atoms with E-state index in [1.165, 1.54) is 19.3 Å². The van der Waals surface area contributed by atoms with Gasteiger partial charge in [0.2, 0.25) is 0 Å². The number of piperazine rings is 1. The molecule has 0 amide bonds. The fourth-order valence-electron chi connectivity index (χ4n) is 3.64. The lowest BCUT2D eigenvalue weighted by Crippen LogP contribution is -2.65. The van der Waals surface area contributed by atoms with Crippen LogP contribution in [0.25, 0.3) is 0 Å². The molecule has 1 saturated carbocycles. The first kappa shape index (κ1) is 15.0. The molecule has 21 heavy (non-hydrogen) atoms. The zero-order valence-corrected chi connectivity index (χ0v) is 13.8. The Hall–Kier alpha value is -0.940. The minimum absolute atomic E-state index is 0.279. The number of aryl methyl sites for hydroxylation is 1. The summed E-state index contributed by atoms with van der Waals surface area (Å²) in [5.41, 5.74) is 1.37. The monoisotopic (exact) mass is 291 g/mol. The van der Waals surface area contributed by atoms with Crippen LogP contribution < -0.4 is 5.32 Å². The van der Waals surface area contributed by atoms with Gasteiger partial charge in [-0.2, -0.15) is 0 Å². The molecule has 1 saturated heterocycles. The van der Waals surface area contributed by atoms with Crippen molar-refractivity contribution in [3.8, 4) is 0 Å². The van der Waals surface area contributed by atoms with E-state index in [0.29, 0.717) is 6.04 Å². The van der Waals surface area contributed by atoms with Crippen molar-refractivity contribution in [2.45, 2.75) is 58.2 Å². The van der Waals surface area contributed by atoms with Crippen LogP contribution in [0.5, 0.6) is 0 Å². The molecule has 1 N–H and O–H groups in total. The van der Waals surface area contributed by atoms with Crippen molar-refractivity contribution in [1.29, 1.82) is 0 Å². The Bertz CT molecular complexity index is 481. The summed E-state index contributed by atoms with van der Waals surface area (Å²) in [6.07, 6.45) is 6.04. The van der Waals surface area contributed by atoms with Gasteiger partial charge >= 0.3 is 0 Å². The summed E-state index contributed by atoms with van der Waals surface area (Å²) in [7, 11) is 1.94. The summed E-state index contributed by atoms with van der Waals surface area (Å²) in [4.78, 5) is 2.67. The Kier molecular flexibility index (Phi) is 4.06. The maximum Gasteiger partial charge on any atom is 0.0967 e. The van der Waals surface area contributed by atoms with Crippen LogP contribution in [0, 0.1) is 11.8 Å². The topological polar surface area (TPSA) is 46.0 Å². The normalized spacial score (nSPS) is 32.3. The predicted molar refractivity (Wildman–Crippen MR) is 83.8 cm³/mol. The van der Waals surface area contributed by atoms with Gasteiger partial charge in [-0.25, -0.2) is 0 Å². The second kappa shape index (κ2) is 5.69. The molecule has 5 heteroatoms. The van der Waals surface area contributed by atoms with Crippen LogP contribution in [0.15, 0.2) is 6.20 Å². The van der Waals surface area contributed by atoms with Crippen molar-refractivity contribution in [3.63, 3.8) is 0 Å². The highest BCUT2D eigenvalue weighted by Gasteiger charge is 2.48. The zero-order valence-electron chi connectivity index (χ0n) is 13.8. The third-order valence-corrected chi connectivity index (χ3v) is 5.65. The second-order valence-electron chi connectivity index (χ2n) is 7.27. The molecular formula is C16H29N5. The van der Waals surface area contributed by atoms with E-state index in [2.05, 4.69) is 41.3 Å². The highest BCUT2D eigenvalue weighted by molar-refractivity contribution is 5.07. The molecule has 5 nitrogen and oxygen atoms in total. The van der Waals surface area contributed by atoms with E-state index in [1.54, 1.807) is 4.68 Å². The lowest BCUT2D eigenvalue weighted by molar-refractivity contribution is 0.0157. The second-order valence-corrected chi connectivity index (χ2v) is 7.27. The van der Waals surface area contributed by atoms with Crippen LogP contribution in [0.3, 0.4) is 0 Å². The van der Waals surface area contributed by atoms with Gasteiger partial charge in [-0.05, 0) is 31.6 Å². The molecule has 0 spiro atoms. The Morgan fingerprint density at radius 1 is 1.48 bits per heavy atom. The van der Waals surface area contributed by atoms with Gasteiger partial charge in [-0.15, -0.1) is 5.10 Å². The molecule has 0 aromatic carbocycles. The van der Waals surface area contributed by atoms with E-state index in [9.17, 15) is 0 Å². The van der Waals surface area contributed by atoms with Crippen LogP contribution in [0.2, 0.25) is 0 Å². The van der Waals surface area contributed by atoms with Gasteiger partial charge in [0.05, 0.1) is 5.69 Å².